The van der Waals surface area contributed by atoms with Gasteiger partial charge in [-0.3, -0.25) is 4.79 Å². The van der Waals surface area contributed by atoms with Crippen LogP contribution in [0.5, 0.6) is 0 Å². The lowest BCUT2D eigenvalue weighted by molar-refractivity contribution is -0.133. The summed E-state index contributed by atoms with van der Waals surface area (Å²) in [5, 5.41) is 3.39. The molecule has 1 N–H and O–H groups in total. The molecule has 2 saturated heterocycles. The maximum Gasteiger partial charge on any atom is 0.224 e. The highest BCUT2D eigenvalue weighted by molar-refractivity contribution is 5.77. The molecule has 0 aromatic rings. The van der Waals surface area contributed by atoms with Gasteiger partial charge in [-0.2, -0.15) is 0 Å². The number of carbonyl (C=O) groups is 1. The third-order valence-electron chi connectivity index (χ3n) is 3.95. The van der Waals surface area contributed by atoms with Crippen LogP contribution in [0.15, 0.2) is 0 Å². The number of likely N-dealkylation sites (tertiary alicyclic amines) is 1. The summed E-state index contributed by atoms with van der Waals surface area (Å²) >= 11 is 0. The Hall–Kier alpha value is -0.610. The number of piperidine rings is 1. The minimum absolute atomic E-state index is 0.334. The van der Waals surface area contributed by atoms with E-state index in [0.717, 1.165) is 45.5 Å². The zero-order valence-corrected chi connectivity index (χ0v) is 10.8. The summed E-state index contributed by atoms with van der Waals surface area (Å²) in [4.78, 5) is 14.1. The van der Waals surface area contributed by atoms with Gasteiger partial charge in [0.05, 0.1) is 0 Å². The lowest BCUT2D eigenvalue weighted by Gasteiger charge is -2.32. The predicted molar refractivity (Wildman–Crippen MR) is 66.8 cm³/mol. The number of amides is 1. The van der Waals surface area contributed by atoms with Crippen molar-refractivity contribution in [3.8, 4) is 0 Å². The van der Waals surface area contributed by atoms with Crippen LogP contribution in [0.25, 0.3) is 0 Å². The van der Waals surface area contributed by atoms with Crippen LogP contribution in [-0.4, -0.2) is 50.2 Å². The molecule has 2 aliphatic heterocycles. The molecule has 4 heteroatoms. The van der Waals surface area contributed by atoms with E-state index >= 15 is 0 Å². The van der Waals surface area contributed by atoms with Crippen molar-refractivity contribution < 1.29 is 9.53 Å². The first kappa shape index (κ1) is 12.8. The van der Waals surface area contributed by atoms with Crippen molar-refractivity contribution in [3.63, 3.8) is 0 Å². The van der Waals surface area contributed by atoms with Crippen molar-refractivity contribution >= 4 is 5.91 Å². The van der Waals surface area contributed by atoms with E-state index in [4.69, 9.17) is 4.74 Å². The average Bonchev–Trinajstić information content (AvgIpc) is 2.83. The Morgan fingerprint density at radius 2 is 2.12 bits per heavy atom. The van der Waals surface area contributed by atoms with Crippen LogP contribution in [0.1, 0.15) is 32.1 Å². The highest BCUT2D eigenvalue weighted by atomic mass is 16.5. The number of nitrogens with zero attached hydrogens (tertiary/aromatic N) is 1. The number of carbonyl (C=O) groups excluding carboxylic acids is 1. The van der Waals surface area contributed by atoms with Crippen LogP contribution >= 0.6 is 0 Å². The van der Waals surface area contributed by atoms with Gasteiger partial charge in [0.25, 0.3) is 0 Å². The molecule has 17 heavy (non-hydrogen) atoms. The highest BCUT2D eigenvalue weighted by Crippen LogP contribution is 2.19. The molecule has 0 radical (unpaired) electrons. The van der Waals surface area contributed by atoms with Crippen molar-refractivity contribution in [2.75, 3.05) is 33.4 Å². The molecule has 1 unspecified atom stereocenters. The lowest BCUT2D eigenvalue weighted by Crippen LogP contribution is -2.41. The quantitative estimate of drug-likeness (QED) is 0.797. The number of rotatable bonds is 4. The Morgan fingerprint density at radius 1 is 1.35 bits per heavy atom. The minimum Gasteiger partial charge on any atom is -0.384 e. The van der Waals surface area contributed by atoms with Gasteiger partial charge in [0.15, 0.2) is 0 Å². The van der Waals surface area contributed by atoms with Gasteiger partial charge in [-0.05, 0) is 38.1 Å². The minimum atomic E-state index is 0.334. The van der Waals surface area contributed by atoms with Crippen LogP contribution in [0.2, 0.25) is 0 Å². The number of hydrogen-bond acceptors (Lipinski definition) is 3. The van der Waals surface area contributed by atoms with E-state index in [2.05, 4.69) is 5.32 Å². The first-order valence-corrected chi connectivity index (χ1v) is 6.79. The van der Waals surface area contributed by atoms with E-state index in [1.54, 1.807) is 7.11 Å². The topological polar surface area (TPSA) is 41.6 Å². The van der Waals surface area contributed by atoms with Gasteiger partial charge in [-0.1, -0.05) is 0 Å². The van der Waals surface area contributed by atoms with Gasteiger partial charge in [0.2, 0.25) is 5.91 Å². The first-order valence-electron chi connectivity index (χ1n) is 6.79. The summed E-state index contributed by atoms with van der Waals surface area (Å²) < 4.78 is 5.17. The van der Waals surface area contributed by atoms with E-state index in [0.29, 0.717) is 24.3 Å². The fraction of sp³-hybridized carbons (Fsp3) is 0.923. The molecule has 1 atom stereocenters. The SMILES string of the molecule is COCC1CCN(C(=O)CC2CCCN2)CC1. The largest absolute Gasteiger partial charge is 0.384 e. The van der Waals surface area contributed by atoms with Crippen molar-refractivity contribution in [2.24, 2.45) is 5.92 Å². The Kier molecular flexibility index (Phi) is 4.80. The van der Waals surface area contributed by atoms with Gasteiger partial charge in [-0.25, -0.2) is 0 Å². The van der Waals surface area contributed by atoms with Gasteiger partial charge >= 0.3 is 0 Å². The molecule has 2 heterocycles. The maximum absolute atomic E-state index is 12.1. The number of methoxy groups -OCH3 is 1. The number of nitrogens with one attached hydrogen (secondary N) is 1. The van der Waals surface area contributed by atoms with E-state index in [1.807, 2.05) is 4.90 Å². The Morgan fingerprint density at radius 3 is 2.71 bits per heavy atom. The number of ether oxygens (including phenoxy) is 1. The fourth-order valence-corrected chi connectivity index (χ4v) is 2.86. The summed E-state index contributed by atoms with van der Waals surface area (Å²) in [5.74, 6) is 0.980. The maximum atomic E-state index is 12.1. The Labute approximate surface area is 104 Å². The summed E-state index contributed by atoms with van der Waals surface area (Å²) in [5.41, 5.74) is 0. The third kappa shape index (κ3) is 3.68. The van der Waals surface area contributed by atoms with Crippen LogP contribution in [0.3, 0.4) is 0 Å². The Balaban J connectivity index is 1.70. The van der Waals surface area contributed by atoms with E-state index in [9.17, 15) is 4.79 Å². The van der Waals surface area contributed by atoms with E-state index < -0.39 is 0 Å². The van der Waals surface area contributed by atoms with Crippen LogP contribution in [-0.2, 0) is 9.53 Å². The second kappa shape index (κ2) is 6.36. The summed E-state index contributed by atoms with van der Waals surface area (Å²) in [6, 6.07) is 0.430. The van der Waals surface area contributed by atoms with Gasteiger partial charge in [-0.15, -0.1) is 0 Å². The summed E-state index contributed by atoms with van der Waals surface area (Å²) in [6.07, 6.45) is 5.25. The Bertz CT molecular complexity index is 244. The van der Waals surface area contributed by atoms with Gasteiger partial charge < -0.3 is 15.0 Å². The van der Waals surface area contributed by atoms with E-state index in [1.165, 1.54) is 6.42 Å². The van der Waals surface area contributed by atoms with Crippen LogP contribution in [0.4, 0.5) is 0 Å². The van der Waals surface area contributed by atoms with E-state index in [-0.39, 0.29) is 0 Å². The molecule has 2 rings (SSSR count). The first-order chi connectivity index (χ1) is 8.29. The van der Waals surface area contributed by atoms with Crippen molar-refractivity contribution in [1.29, 1.82) is 0 Å². The molecule has 0 aromatic heterocycles. The van der Waals surface area contributed by atoms with Crippen LogP contribution in [0, 0.1) is 5.92 Å². The summed E-state index contributed by atoms with van der Waals surface area (Å²) in [6.45, 7) is 3.75. The second-order valence-corrected chi connectivity index (χ2v) is 5.28. The molecule has 1 amide bonds. The van der Waals surface area contributed by atoms with Crippen LogP contribution < -0.4 is 5.32 Å². The molecule has 98 valence electrons. The van der Waals surface area contributed by atoms with Crippen molar-refractivity contribution in [3.05, 3.63) is 0 Å². The zero-order chi connectivity index (χ0) is 12.1. The monoisotopic (exact) mass is 240 g/mol. The zero-order valence-electron chi connectivity index (χ0n) is 10.8. The van der Waals surface area contributed by atoms with Gasteiger partial charge in [0.1, 0.15) is 0 Å². The second-order valence-electron chi connectivity index (χ2n) is 5.28. The summed E-state index contributed by atoms with van der Waals surface area (Å²) in [7, 11) is 1.75. The third-order valence-corrected chi connectivity index (χ3v) is 3.95. The molecular weight excluding hydrogens is 216 g/mol. The number of hydrogen-bond donors (Lipinski definition) is 1. The molecule has 2 aliphatic rings. The fourth-order valence-electron chi connectivity index (χ4n) is 2.86. The van der Waals surface area contributed by atoms with Crippen molar-refractivity contribution in [1.82, 2.24) is 10.2 Å². The van der Waals surface area contributed by atoms with Crippen molar-refractivity contribution in [2.45, 2.75) is 38.1 Å². The molecule has 0 spiro atoms. The highest BCUT2D eigenvalue weighted by Gasteiger charge is 2.25. The molecule has 4 nitrogen and oxygen atoms in total. The molecule has 0 bridgehead atoms. The molecular formula is C13H24N2O2. The molecule has 2 fully saturated rings. The normalized spacial score (nSPS) is 26.4. The lowest BCUT2D eigenvalue weighted by atomic mass is 9.97. The molecule has 0 aliphatic carbocycles. The van der Waals surface area contributed by atoms with Gasteiger partial charge in [0, 0.05) is 39.3 Å². The average molecular weight is 240 g/mol. The molecule has 0 saturated carbocycles. The smallest absolute Gasteiger partial charge is 0.224 e. The molecule has 0 aromatic carbocycles. The standard InChI is InChI=1S/C13H24N2O2/c1-17-10-11-4-7-15(8-5-11)13(16)9-12-3-2-6-14-12/h11-12,14H,2-10H2,1H3. The predicted octanol–water partition coefficient (Wildman–Crippen LogP) is 1.01.